The van der Waals surface area contributed by atoms with Crippen molar-refractivity contribution in [3.8, 4) is 0 Å². The van der Waals surface area contributed by atoms with E-state index in [1.54, 1.807) is 24.3 Å². The zero-order valence-corrected chi connectivity index (χ0v) is 17.8. The van der Waals surface area contributed by atoms with Gasteiger partial charge in [0.1, 0.15) is 0 Å². The van der Waals surface area contributed by atoms with Gasteiger partial charge < -0.3 is 0 Å². The third kappa shape index (κ3) is 3.92. The van der Waals surface area contributed by atoms with Gasteiger partial charge in [0.25, 0.3) is 0 Å². The first-order valence-corrected chi connectivity index (χ1v) is 11.9. The molecular weight excluding hydrogens is 406 g/mol. The summed E-state index contributed by atoms with van der Waals surface area (Å²) in [7, 11) is -7.28. The van der Waals surface area contributed by atoms with Crippen LogP contribution in [0.3, 0.4) is 0 Å². The number of sulfonamides is 1. The van der Waals surface area contributed by atoms with Crippen molar-refractivity contribution in [1.29, 1.82) is 0 Å². The molecule has 1 aliphatic heterocycles. The van der Waals surface area contributed by atoms with Gasteiger partial charge in [0, 0.05) is 18.1 Å². The summed E-state index contributed by atoms with van der Waals surface area (Å²) in [6.45, 7) is 6.07. The second kappa shape index (κ2) is 6.88. The maximum atomic E-state index is 12.7. The highest BCUT2D eigenvalue weighted by Gasteiger charge is 2.44. The van der Waals surface area contributed by atoms with Gasteiger partial charge in [-0.1, -0.05) is 44.5 Å². The van der Waals surface area contributed by atoms with Gasteiger partial charge in [0.15, 0.2) is 9.84 Å². The molecule has 0 radical (unpaired) electrons. The second-order valence-corrected chi connectivity index (χ2v) is 12.3. The van der Waals surface area contributed by atoms with Crippen molar-refractivity contribution >= 4 is 31.5 Å². The predicted molar refractivity (Wildman–Crippen MR) is 106 cm³/mol. The van der Waals surface area contributed by atoms with Gasteiger partial charge in [-0.15, -0.1) is 0 Å². The lowest BCUT2D eigenvalue weighted by Crippen LogP contribution is -2.56. The third-order valence-corrected chi connectivity index (χ3v) is 8.96. The fourth-order valence-electron chi connectivity index (χ4n) is 2.89. The molecule has 5 nitrogen and oxygen atoms in total. The average molecular weight is 428 g/mol. The molecule has 1 heterocycles. The maximum absolute atomic E-state index is 12.7. The Balaban J connectivity index is 1.75. The van der Waals surface area contributed by atoms with Crippen LogP contribution in [-0.4, -0.2) is 39.5 Å². The number of nitrogens with zero attached hydrogens (tertiary/aromatic N) is 1. The molecule has 0 bridgehead atoms. The van der Waals surface area contributed by atoms with E-state index in [-0.39, 0.29) is 28.3 Å². The number of hydrogen-bond donors (Lipinski definition) is 0. The normalized spacial score (nSPS) is 16.9. The van der Waals surface area contributed by atoms with Crippen molar-refractivity contribution in [2.45, 2.75) is 41.2 Å². The van der Waals surface area contributed by atoms with Gasteiger partial charge in [0.05, 0.1) is 15.0 Å². The zero-order chi connectivity index (χ0) is 20.0. The second-order valence-electron chi connectivity index (χ2n) is 7.72. The molecule has 8 heteroatoms. The third-order valence-electron chi connectivity index (χ3n) is 4.75. The van der Waals surface area contributed by atoms with Crippen LogP contribution in [0.1, 0.15) is 26.3 Å². The number of sulfone groups is 1. The molecule has 1 fully saturated rings. The Hall–Kier alpha value is -1.41. The van der Waals surface area contributed by atoms with E-state index in [1.165, 1.54) is 28.6 Å². The van der Waals surface area contributed by atoms with Crippen molar-refractivity contribution in [1.82, 2.24) is 4.31 Å². The first-order valence-electron chi connectivity index (χ1n) is 8.52. The molecule has 0 spiro atoms. The van der Waals surface area contributed by atoms with E-state index < -0.39 is 25.1 Å². The molecular formula is C19H22ClNO4S2. The molecule has 0 aliphatic carbocycles. The lowest BCUT2D eigenvalue weighted by molar-refractivity contribution is 0.309. The van der Waals surface area contributed by atoms with Crippen molar-refractivity contribution in [2.24, 2.45) is 0 Å². The van der Waals surface area contributed by atoms with E-state index in [1.807, 2.05) is 0 Å². The minimum atomic E-state index is -3.70. The van der Waals surface area contributed by atoms with E-state index in [0.29, 0.717) is 5.02 Å². The fourth-order valence-corrected chi connectivity index (χ4v) is 6.38. The molecule has 146 valence electrons. The number of benzene rings is 2. The van der Waals surface area contributed by atoms with E-state index in [9.17, 15) is 16.8 Å². The summed E-state index contributed by atoms with van der Waals surface area (Å²) in [5.41, 5.74) is 0.963. The summed E-state index contributed by atoms with van der Waals surface area (Å²) >= 11 is 5.80. The molecule has 1 saturated heterocycles. The Kier molecular flexibility index (Phi) is 5.18. The van der Waals surface area contributed by atoms with E-state index in [4.69, 9.17) is 11.6 Å². The maximum Gasteiger partial charge on any atom is 0.243 e. The summed E-state index contributed by atoms with van der Waals surface area (Å²) in [6.07, 6.45) is 0. The Morgan fingerprint density at radius 3 is 1.81 bits per heavy atom. The zero-order valence-electron chi connectivity index (χ0n) is 15.4. The van der Waals surface area contributed by atoms with E-state index in [0.717, 1.165) is 5.56 Å². The molecule has 3 rings (SSSR count). The Morgan fingerprint density at radius 2 is 1.33 bits per heavy atom. The SMILES string of the molecule is CC(C)(C)c1ccc(S(=O)(=O)N2CC(S(=O)(=O)c3ccc(Cl)cc3)C2)cc1. The number of hydrogen-bond acceptors (Lipinski definition) is 4. The summed E-state index contributed by atoms with van der Waals surface area (Å²) < 4.78 is 51.9. The molecule has 2 aromatic carbocycles. The Morgan fingerprint density at radius 1 is 0.852 bits per heavy atom. The van der Waals surface area contributed by atoms with Gasteiger partial charge in [-0.05, 0) is 47.4 Å². The minimum Gasteiger partial charge on any atom is -0.223 e. The summed E-state index contributed by atoms with van der Waals surface area (Å²) in [5.74, 6) is 0. The lowest BCUT2D eigenvalue weighted by Gasteiger charge is -2.37. The molecule has 1 aliphatic rings. The highest BCUT2D eigenvalue weighted by Crippen LogP contribution is 2.30. The lowest BCUT2D eigenvalue weighted by atomic mass is 9.87. The minimum absolute atomic E-state index is 0.0473. The largest absolute Gasteiger partial charge is 0.243 e. The van der Waals surface area contributed by atoms with Gasteiger partial charge >= 0.3 is 0 Å². The topological polar surface area (TPSA) is 71.5 Å². The average Bonchev–Trinajstić information content (AvgIpc) is 2.52. The van der Waals surface area contributed by atoms with Crippen molar-refractivity contribution in [3.05, 3.63) is 59.1 Å². The van der Waals surface area contributed by atoms with Crippen LogP contribution in [0.25, 0.3) is 0 Å². The van der Waals surface area contributed by atoms with E-state index >= 15 is 0 Å². The van der Waals surface area contributed by atoms with Gasteiger partial charge in [-0.2, -0.15) is 4.31 Å². The molecule has 0 amide bonds. The number of halogens is 1. The molecule has 0 atom stereocenters. The van der Waals surface area contributed by atoms with Crippen molar-refractivity contribution in [2.75, 3.05) is 13.1 Å². The summed E-state index contributed by atoms with van der Waals surface area (Å²) in [6, 6.07) is 12.7. The standard InChI is InChI=1S/C19H22ClNO4S2/c1-19(2,3)14-4-8-17(9-5-14)27(24,25)21-12-18(13-21)26(22,23)16-10-6-15(20)7-11-16/h4-11,18H,12-13H2,1-3H3. The Bertz CT molecular complexity index is 1030. The van der Waals surface area contributed by atoms with Gasteiger partial charge in [0.2, 0.25) is 10.0 Å². The van der Waals surface area contributed by atoms with Crippen molar-refractivity contribution in [3.63, 3.8) is 0 Å². The van der Waals surface area contributed by atoms with Gasteiger partial charge in [-0.3, -0.25) is 0 Å². The fraction of sp³-hybridized carbons (Fsp3) is 0.368. The first kappa shape index (κ1) is 20.3. The monoisotopic (exact) mass is 427 g/mol. The van der Waals surface area contributed by atoms with Crippen LogP contribution in [0.2, 0.25) is 5.02 Å². The van der Waals surface area contributed by atoms with E-state index in [2.05, 4.69) is 20.8 Å². The highest BCUT2D eigenvalue weighted by atomic mass is 35.5. The smallest absolute Gasteiger partial charge is 0.223 e. The molecule has 0 N–H and O–H groups in total. The van der Waals surface area contributed by atoms with Gasteiger partial charge in [-0.25, -0.2) is 16.8 Å². The van der Waals surface area contributed by atoms with Crippen LogP contribution in [0, 0.1) is 0 Å². The first-order chi connectivity index (χ1) is 12.4. The summed E-state index contributed by atoms with van der Waals surface area (Å²) in [4.78, 5) is 0.335. The summed E-state index contributed by atoms with van der Waals surface area (Å²) in [5, 5.41) is -0.298. The highest BCUT2D eigenvalue weighted by molar-refractivity contribution is 7.92. The Labute approximate surface area is 165 Å². The molecule has 2 aromatic rings. The molecule has 0 unspecified atom stereocenters. The van der Waals surface area contributed by atoms with Crippen LogP contribution in [0.4, 0.5) is 0 Å². The van der Waals surface area contributed by atoms with Crippen LogP contribution >= 0.6 is 11.6 Å². The van der Waals surface area contributed by atoms with Crippen LogP contribution < -0.4 is 0 Å². The van der Waals surface area contributed by atoms with Crippen molar-refractivity contribution < 1.29 is 16.8 Å². The quantitative estimate of drug-likeness (QED) is 0.748. The van der Waals surface area contributed by atoms with Crippen LogP contribution in [0.5, 0.6) is 0 Å². The van der Waals surface area contributed by atoms with Crippen LogP contribution in [0.15, 0.2) is 58.3 Å². The number of rotatable bonds is 4. The molecule has 27 heavy (non-hydrogen) atoms. The molecule has 0 saturated carbocycles. The molecule has 0 aromatic heterocycles. The van der Waals surface area contributed by atoms with Crippen LogP contribution in [-0.2, 0) is 25.3 Å². The predicted octanol–water partition coefficient (Wildman–Crippen LogP) is 3.48.